The van der Waals surface area contributed by atoms with Crippen molar-refractivity contribution in [1.82, 2.24) is 14.2 Å². The Morgan fingerprint density at radius 2 is 2.12 bits per heavy atom. The highest BCUT2D eigenvalue weighted by Crippen LogP contribution is 2.27. The fourth-order valence-corrected chi connectivity index (χ4v) is 5.24. The number of fused-ring (bicyclic) bond motifs is 1. The molecule has 1 saturated heterocycles. The highest BCUT2D eigenvalue weighted by Gasteiger charge is 2.30. The number of sulfonamides is 1. The van der Waals surface area contributed by atoms with Gasteiger partial charge in [0, 0.05) is 42.3 Å². The molecule has 0 bridgehead atoms. The lowest BCUT2D eigenvalue weighted by Gasteiger charge is -2.25. The summed E-state index contributed by atoms with van der Waals surface area (Å²) < 4.78 is 27.9. The molecular weight excluding hydrogens is 354 g/mol. The summed E-state index contributed by atoms with van der Waals surface area (Å²) in [6.07, 6.45) is 5.37. The number of rotatable bonds is 5. The number of hydrogen-bond acceptors (Lipinski definition) is 5. The lowest BCUT2D eigenvalue weighted by atomic mass is 10.1. The van der Waals surface area contributed by atoms with Crippen molar-refractivity contribution in [3.63, 3.8) is 0 Å². The van der Waals surface area contributed by atoms with Gasteiger partial charge in [0.05, 0.1) is 11.4 Å². The molecule has 140 valence electrons. The monoisotopic (exact) mass is 377 g/mol. The molecule has 7 nitrogen and oxygen atoms in total. The van der Waals surface area contributed by atoms with Crippen LogP contribution in [0.5, 0.6) is 0 Å². The molecule has 1 aromatic heterocycles. The quantitative estimate of drug-likeness (QED) is 0.854. The molecule has 2 heterocycles. The number of carbonyl (C=O) groups is 1. The molecule has 2 aromatic rings. The minimum Gasteiger partial charge on any atom is -0.480 e. The van der Waals surface area contributed by atoms with Crippen molar-refractivity contribution in [3.05, 3.63) is 36.7 Å². The summed E-state index contributed by atoms with van der Waals surface area (Å²) in [7, 11) is -1.84. The lowest BCUT2D eigenvalue weighted by Crippen LogP contribution is -2.37. The second-order valence-corrected chi connectivity index (χ2v) is 8.56. The molecule has 1 unspecified atom stereocenters. The maximum Gasteiger partial charge on any atom is 0.317 e. The zero-order valence-electron chi connectivity index (χ0n) is 14.7. The topological polar surface area (TPSA) is 90.8 Å². The molecule has 0 aliphatic carbocycles. The Hall–Kier alpha value is -2.03. The first kappa shape index (κ1) is 18.8. The van der Waals surface area contributed by atoms with E-state index >= 15 is 0 Å². The number of aliphatic carboxylic acids is 1. The molecule has 1 aromatic carbocycles. The zero-order chi connectivity index (χ0) is 18.7. The van der Waals surface area contributed by atoms with Gasteiger partial charge in [-0.05, 0) is 38.4 Å². The molecule has 26 heavy (non-hydrogen) atoms. The first-order valence-electron chi connectivity index (χ1n) is 8.64. The standard InChI is InChI=1S/C18H23N3O4S/c1-20(13-18(22)23)15-5-3-10-21(11-8-15)26(24,25)17-6-2-4-14-12-19-9-7-16(14)17/h2,4,6-7,9,12,15H,3,5,8,10-11,13H2,1H3,(H,22,23). The molecule has 1 fully saturated rings. The van der Waals surface area contributed by atoms with Crippen LogP contribution in [0.2, 0.25) is 0 Å². The number of carboxylic acid groups (broad SMARTS) is 1. The number of pyridine rings is 1. The van der Waals surface area contributed by atoms with Gasteiger partial charge in [-0.2, -0.15) is 4.31 Å². The number of carboxylic acids is 1. The van der Waals surface area contributed by atoms with Crippen molar-refractivity contribution in [1.29, 1.82) is 0 Å². The molecule has 8 heteroatoms. The van der Waals surface area contributed by atoms with Gasteiger partial charge in [-0.15, -0.1) is 0 Å². The largest absolute Gasteiger partial charge is 0.480 e. The third kappa shape index (κ3) is 3.87. The van der Waals surface area contributed by atoms with Gasteiger partial charge in [0.15, 0.2) is 0 Å². The molecule has 0 saturated carbocycles. The van der Waals surface area contributed by atoms with Gasteiger partial charge < -0.3 is 5.11 Å². The van der Waals surface area contributed by atoms with E-state index in [1.54, 1.807) is 42.5 Å². The van der Waals surface area contributed by atoms with Crippen LogP contribution in [0, 0.1) is 0 Å². The van der Waals surface area contributed by atoms with Crippen LogP contribution in [0.25, 0.3) is 10.8 Å². The van der Waals surface area contributed by atoms with Gasteiger partial charge in [0.25, 0.3) is 0 Å². The minimum absolute atomic E-state index is 0.0340. The Balaban J connectivity index is 1.83. The number of benzene rings is 1. The van der Waals surface area contributed by atoms with E-state index in [4.69, 9.17) is 5.11 Å². The number of hydrogen-bond donors (Lipinski definition) is 1. The molecule has 0 radical (unpaired) electrons. The van der Waals surface area contributed by atoms with Crippen LogP contribution in [0.1, 0.15) is 19.3 Å². The summed E-state index contributed by atoms with van der Waals surface area (Å²) in [6.45, 7) is 0.799. The maximum atomic E-state index is 13.2. The normalized spacial score (nSPS) is 19.5. The summed E-state index contributed by atoms with van der Waals surface area (Å²) in [5.41, 5.74) is 0. The van der Waals surface area contributed by atoms with E-state index < -0.39 is 16.0 Å². The predicted molar refractivity (Wildman–Crippen MR) is 98.4 cm³/mol. The molecule has 1 N–H and O–H groups in total. The van der Waals surface area contributed by atoms with Crippen LogP contribution < -0.4 is 0 Å². The van der Waals surface area contributed by atoms with Crippen molar-refractivity contribution < 1.29 is 18.3 Å². The number of aromatic nitrogens is 1. The van der Waals surface area contributed by atoms with Gasteiger partial charge in [0.2, 0.25) is 10.0 Å². The zero-order valence-corrected chi connectivity index (χ0v) is 15.5. The second-order valence-electron chi connectivity index (χ2n) is 6.65. The Kier molecular flexibility index (Phi) is 5.55. The molecule has 0 amide bonds. The van der Waals surface area contributed by atoms with Crippen molar-refractivity contribution in [2.45, 2.75) is 30.2 Å². The van der Waals surface area contributed by atoms with Gasteiger partial charge in [0.1, 0.15) is 0 Å². The highest BCUT2D eigenvalue weighted by atomic mass is 32.2. The molecule has 1 atom stereocenters. The van der Waals surface area contributed by atoms with Crippen LogP contribution in [-0.4, -0.2) is 66.4 Å². The van der Waals surface area contributed by atoms with E-state index in [-0.39, 0.29) is 12.6 Å². The van der Waals surface area contributed by atoms with E-state index in [1.165, 1.54) is 4.31 Å². The Morgan fingerprint density at radius 1 is 1.31 bits per heavy atom. The van der Waals surface area contributed by atoms with Crippen LogP contribution in [0.4, 0.5) is 0 Å². The predicted octanol–water partition coefficient (Wildman–Crippen LogP) is 1.79. The third-order valence-electron chi connectivity index (χ3n) is 4.92. The van der Waals surface area contributed by atoms with Crippen molar-refractivity contribution in [2.75, 3.05) is 26.7 Å². The highest BCUT2D eigenvalue weighted by molar-refractivity contribution is 7.89. The average molecular weight is 377 g/mol. The summed E-state index contributed by atoms with van der Waals surface area (Å²) in [5, 5.41) is 10.4. The van der Waals surface area contributed by atoms with Crippen molar-refractivity contribution >= 4 is 26.8 Å². The lowest BCUT2D eigenvalue weighted by molar-refractivity contribution is -0.138. The number of likely N-dealkylation sites (N-methyl/N-ethyl adjacent to an activating group) is 1. The first-order valence-corrected chi connectivity index (χ1v) is 10.1. The van der Waals surface area contributed by atoms with Crippen molar-refractivity contribution in [3.8, 4) is 0 Å². The minimum atomic E-state index is -3.61. The fourth-order valence-electron chi connectivity index (χ4n) is 3.53. The molecule has 3 rings (SSSR count). The van der Waals surface area contributed by atoms with Gasteiger partial charge in [-0.25, -0.2) is 8.42 Å². The summed E-state index contributed by atoms with van der Waals surface area (Å²) in [4.78, 5) is 17.1. The third-order valence-corrected chi connectivity index (χ3v) is 6.88. The molecule has 1 aliphatic rings. The van der Waals surface area contributed by atoms with Crippen LogP contribution in [-0.2, 0) is 14.8 Å². The van der Waals surface area contributed by atoms with E-state index in [9.17, 15) is 13.2 Å². The number of nitrogens with zero attached hydrogens (tertiary/aromatic N) is 3. The Labute approximate surface area is 153 Å². The summed E-state index contributed by atoms with van der Waals surface area (Å²) >= 11 is 0. The molecular formula is C18H23N3O4S. The smallest absolute Gasteiger partial charge is 0.317 e. The Morgan fingerprint density at radius 3 is 2.88 bits per heavy atom. The fraction of sp³-hybridized carbons (Fsp3) is 0.444. The van der Waals surface area contributed by atoms with Crippen LogP contribution >= 0.6 is 0 Å². The van der Waals surface area contributed by atoms with E-state index in [0.717, 1.165) is 11.8 Å². The SMILES string of the molecule is CN(CC(=O)O)C1CCCN(S(=O)(=O)c2cccc3cnccc23)CC1. The van der Waals surface area contributed by atoms with Crippen LogP contribution in [0.15, 0.2) is 41.6 Å². The van der Waals surface area contributed by atoms with E-state index in [2.05, 4.69) is 4.98 Å². The summed E-state index contributed by atoms with van der Waals surface area (Å²) in [5.74, 6) is -0.870. The van der Waals surface area contributed by atoms with Gasteiger partial charge in [-0.1, -0.05) is 12.1 Å². The summed E-state index contributed by atoms with van der Waals surface area (Å²) in [6, 6.07) is 7.02. The van der Waals surface area contributed by atoms with E-state index in [1.807, 2.05) is 6.07 Å². The first-order chi connectivity index (χ1) is 12.4. The van der Waals surface area contributed by atoms with Crippen molar-refractivity contribution in [2.24, 2.45) is 0 Å². The molecule has 1 aliphatic heterocycles. The second kappa shape index (κ2) is 7.69. The van der Waals surface area contributed by atoms with Gasteiger partial charge >= 0.3 is 5.97 Å². The maximum absolute atomic E-state index is 13.2. The molecule has 0 spiro atoms. The van der Waals surface area contributed by atoms with Gasteiger partial charge in [-0.3, -0.25) is 14.7 Å². The van der Waals surface area contributed by atoms with E-state index in [0.29, 0.717) is 36.2 Å². The Bertz CT molecular complexity index is 895. The average Bonchev–Trinajstić information content (AvgIpc) is 2.87. The van der Waals surface area contributed by atoms with Crippen LogP contribution in [0.3, 0.4) is 0 Å².